The van der Waals surface area contributed by atoms with Crippen LogP contribution in [0, 0.1) is 12.3 Å². The van der Waals surface area contributed by atoms with E-state index in [1.165, 1.54) is 0 Å². The zero-order chi connectivity index (χ0) is 10.1. The third kappa shape index (κ3) is 4.89. The SMILES string of the molecule is C#CCC(NC)C(OCC)OCC. The lowest BCUT2D eigenvalue weighted by Crippen LogP contribution is -2.41. The second-order valence-corrected chi connectivity index (χ2v) is 2.58. The molecule has 0 aliphatic rings. The standard InChI is InChI=1S/C10H19NO2/c1-5-8-9(11-4)10(12-6-2)13-7-3/h1,9-11H,6-8H2,2-4H3. The molecule has 0 aliphatic heterocycles. The normalized spacial score (nSPS) is 12.8. The zero-order valence-corrected chi connectivity index (χ0v) is 8.67. The van der Waals surface area contributed by atoms with Gasteiger partial charge in [0.2, 0.25) is 0 Å². The lowest BCUT2D eigenvalue weighted by atomic mass is 10.2. The van der Waals surface area contributed by atoms with Gasteiger partial charge in [-0.3, -0.25) is 0 Å². The largest absolute Gasteiger partial charge is 0.351 e. The van der Waals surface area contributed by atoms with Crippen molar-refractivity contribution in [3.8, 4) is 12.3 Å². The molecule has 0 spiro atoms. The van der Waals surface area contributed by atoms with Crippen LogP contribution in [0.4, 0.5) is 0 Å². The number of terminal acetylenes is 1. The molecule has 0 aliphatic carbocycles. The molecule has 0 saturated carbocycles. The van der Waals surface area contributed by atoms with Gasteiger partial charge in [0.15, 0.2) is 6.29 Å². The highest BCUT2D eigenvalue weighted by Gasteiger charge is 2.19. The Morgan fingerprint density at radius 2 is 1.85 bits per heavy atom. The molecule has 1 N–H and O–H groups in total. The molecule has 0 radical (unpaired) electrons. The fourth-order valence-corrected chi connectivity index (χ4v) is 1.07. The molecule has 13 heavy (non-hydrogen) atoms. The van der Waals surface area contributed by atoms with Gasteiger partial charge in [0.25, 0.3) is 0 Å². The van der Waals surface area contributed by atoms with Gasteiger partial charge in [-0.05, 0) is 20.9 Å². The Bertz CT molecular complexity index is 147. The van der Waals surface area contributed by atoms with Crippen molar-refractivity contribution in [3.05, 3.63) is 0 Å². The molecule has 0 amide bonds. The van der Waals surface area contributed by atoms with Crippen molar-refractivity contribution in [2.24, 2.45) is 0 Å². The summed E-state index contributed by atoms with van der Waals surface area (Å²) in [7, 11) is 1.85. The van der Waals surface area contributed by atoms with Crippen LogP contribution >= 0.6 is 0 Å². The fourth-order valence-electron chi connectivity index (χ4n) is 1.07. The Morgan fingerprint density at radius 1 is 1.31 bits per heavy atom. The average molecular weight is 185 g/mol. The minimum Gasteiger partial charge on any atom is -0.351 e. The van der Waals surface area contributed by atoms with Gasteiger partial charge < -0.3 is 14.8 Å². The second-order valence-electron chi connectivity index (χ2n) is 2.58. The lowest BCUT2D eigenvalue weighted by molar-refractivity contribution is -0.152. The van der Waals surface area contributed by atoms with Gasteiger partial charge in [-0.2, -0.15) is 0 Å². The van der Waals surface area contributed by atoms with Gasteiger partial charge >= 0.3 is 0 Å². The molecule has 3 nitrogen and oxygen atoms in total. The van der Waals surface area contributed by atoms with Crippen LogP contribution in [-0.4, -0.2) is 32.6 Å². The van der Waals surface area contributed by atoms with Crippen molar-refractivity contribution in [1.29, 1.82) is 0 Å². The quantitative estimate of drug-likeness (QED) is 0.474. The van der Waals surface area contributed by atoms with Gasteiger partial charge in [-0.1, -0.05) is 0 Å². The van der Waals surface area contributed by atoms with Gasteiger partial charge in [-0.25, -0.2) is 0 Å². The lowest BCUT2D eigenvalue weighted by Gasteiger charge is -2.24. The Kier molecular flexibility index (Phi) is 7.71. The molecule has 0 aromatic heterocycles. The first kappa shape index (κ1) is 12.4. The first-order valence-corrected chi connectivity index (χ1v) is 4.64. The van der Waals surface area contributed by atoms with E-state index in [-0.39, 0.29) is 12.3 Å². The predicted octanol–water partition coefficient (Wildman–Crippen LogP) is 0.997. The van der Waals surface area contributed by atoms with Crippen LogP contribution in [0.15, 0.2) is 0 Å². The summed E-state index contributed by atoms with van der Waals surface area (Å²) in [6, 6.07) is 0.0740. The molecule has 0 bridgehead atoms. The van der Waals surface area contributed by atoms with Gasteiger partial charge in [-0.15, -0.1) is 12.3 Å². The number of hydrogen-bond acceptors (Lipinski definition) is 3. The molecule has 0 heterocycles. The Morgan fingerprint density at radius 3 is 2.15 bits per heavy atom. The van der Waals surface area contributed by atoms with E-state index in [9.17, 15) is 0 Å². The van der Waals surface area contributed by atoms with E-state index >= 15 is 0 Å². The molecular formula is C10H19NO2. The molecule has 0 saturated heterocycles. The van der Waals surface area contributed by atoms with E-state index in [1.807, 2.05) is 20.9 Å². The van der Waals surface area contributed by atoms with Crippen LogP contribution in [0.5, 0.6) is 0 Å². The van der Waals surface area contributed by atoms with E-state index in [0.29, 0.717) is 19.6 Å². The molecular weight excluding hydrogens is 166 g/mol. The molecule has 3 heteroatoms. The van der Waals surface area contributed by atoms with E-state index in [2.05, 4.69) is 11.2 Å². The number of nitrogens with one attached hydrogen (secondary N) is 1. The van der Waals surface area contributed by atoms with Crippen LogP contribution < -0.4 is 5.32 Å². The Labute approximate surface area is 80.8 Å². The van der Waals surface area contributed by atoms with E-state index in [1.54, 1.807) is 0 Å². The smallest absolute Gasteiger partial charge is 0.173 e. The topological polar surface area (TPSA) is 30.5 Å². The van der Waals surface area contributed by atoms with Gasteiger partial charge in [0, 0.05) is 19.6 Å². The highest BCUT2D eigenvalue weighted by molar-refractivity contribution is 4.90. The van der Waals surface area contributed by atoms with Crippen LogP contribution in [0.1, 0.15) is 20.3 Å². The van der Waals surface area contributed by atoms with Crippen molar-refractivity contribution in [2.75, 3.05) is 20.3 Å². The molecule has 1 unspecified atom stereocenters. The van der Waals surface area contributed by atoms with Gasteiger partial charge in [0.05, 0.1) is 6.04 Å². The third-order valence-electron chi connectivity index (χ3n) is 1.70. The van der Waals surface area contributed by atoms with Crippen LogP contribution in [-0.2, 0) is 9.47 Å². The van der Waals surface area contributed by atoms with Crippen molar-refractivity contribution < 1.29 is 9.47 Å². The highest BCUT2D eigenvalue weighted by atomic mass is 16.7. The summed E-state index contributed by atoms with van der Waals surface area (Å²) >= 11 is 0. The maximum atomic E-state index is 5.41. The summed E-state index contributed by atoms with van der Waals surface area (Å²) in [5, 5.41) is 3.08. The van der Waals surface area contributed by atoms with E-state index < -0.39 is 0 Å². The highest BCUT2D eigenvalue weighted by Crippen LogP contribution is 2.05. The van der Waals surface area contributed by atoms with Crippen molar-refractivity contribution in [1.82, 2.24) is 5.32 Å². The summed E-state index contributed by atoms with van der Waals surface area (Å²) in [5.41, 5.74) is 0. The number of rotatable bonds is 7. The summed E-state index contributed by atoms with van der Waals surface area (Å²) in [6.07, 6.45) is 5.61. The number of likely N-dealkylation sites (N-methyl/N-ethyl adjacent to an activating group) is 1. The zero-order valence-electron chi connectivity index (χ0n) is 8.67. The second kappa shape index (κ2) is 8.06. The molecule has 0 fully saturated rings. The molecule has 0 rings (SSSR count). The van der Waals surface area contributed by atoms with Crippen molar-refractivity contribution in [3.63, 3.8) is 0 Å². The maximum absolute atomic E-state index is 5.41. The summed E-state index contributed by atoms with van der Waals surface area (Å²) in [6.45, 7) is 5.14. The third-order valence-corrected chi connectivity index (χ3v) is 1.70. The van der Waals surface area contributed by atoms with E-state index in [4.69, 9.17) is 15.9 Å². The molecule has 76 valence electrons. The summed E-state index contributed by atoms with van der Waals surface area (Å²) in [4.78, 5) is 0. The first-order chi connectivity index (χ1) is 6.29. The van der Waals surface area contributed by atoms with E-state index in [0.717, 1.165) is 0 Å². The molecule has 0 aromatic rings. The maximum Gasteiger partial charge on any atom is 0.173 e. The molecule has 1 atom stereocenters. The summed E-state index contributed by atoms with van der Waals surface area (Å²) in [5.74, 6) is 2.59. The van der Waals surface area contributed by atoms with Crippen LogP contribution in [0.2, 0.25) is 0 Å². The van der Waals surface area contributed by atoms with Crippen molar-refractivity contribution in [2.45, 2.75) is 32.6 Å². The van der Waals surface area contributed by atoms with Crippen LogP contribution in [0.3, 0.4) is 0 Å². The molecule has 0 aromatic carbocycles. The van der Waals surface area contributed by atoms with Crippen LogP contribution in [0.25, 0.3) is 0 Å². The summed E-state index contributed by atoms with van der Waals surface area (Å²) < 4.78 is 10.8. The fraction of sp³-hybridized carbons (Fsp3) is 0.800. The minimum atomic E-state index is -0.240. The Hall–Kier alpha value is -0.560. The minimum absolute atomic E-state index is 0.0740. The van der Waals surface area contributed by atoms with Crippen molar-refractivity contribution >= 4 is 0 Å². The number of hydrogen-bond donors (Lipinski definition) is 1. The Balaban J connectivity index is 4.04. The monoisotopic (exact) mass is 185 g/mol. The van der Waals surface area contributed by atoms with Gasteiger partial charge in [0.1, 0.15) is 0 Å². The first-order valence-electron chi connectivity index (χ1n) is 4.64. The average Bonchev–Trinajstić information content (AvgIpc) is 2.14. The number of ether oxygens (including phenoxy) is 2. The predicted molar refractivity (Wildman–Crippen MR) is 53.3 cm³/mol.